The van der Waals surface area contributed by atoms with Crippen LogP contribution < -0.4 is 14.9 Å². The lowest BCUT2D eigenvalue weighted by Gasteiger charge is -2.15. The van der Waals surface area contributed by atoms with Gasteiger partial charge in [-0.3, -0.25) is 19.1 Å². The number of rotatable bonds is 6. The van der Waals surface area contributed by atoms with E-state index in [0.29, 0.717) is 0 Å². The third kappa shape index (κ3) is 5.19. The molecule has 0 unspecified atom stereocenters. The number of nitrogens with one attached hydrogen (secondary N) is 2. The van der Waals surface area contributed by atoms with Gasteiger partial charge >= 0.3 is 6.18 Å². The molecule has 0 aromatic heterocycles. The van der Waals surface area contributed by atoms with Gasteiger partial charge in [0.1, 0.15) is 0 Å². The Hall–Kier alpha value is -4.19. The standard InChI is InChI=1S/C25H20F3N3O5S/c1-14(2)37(35,36)30-17-7-3-15(4-8-17)22(32)29-18-9-12-20-21(13-18)24(34)31(23(20)33)19-10-5-16(6-11-19)25(26,27)28/h3-14,30H,1-2H3,(H,29,32). The Bertz CT molecular complexity index is 1500. The second-order valence-corrected chi connectivity index (χ2v) is 10.7. The van der Waals surface area contributed by atoms with Gasteiger partial charge in [0.25, 0.3) is 17.7 Å². The molecule has 12 heteroatoms. The van der Waals surface area contributed by atoms with E-state index in [2.05, 4.69) is 10.0 Å². The number of carbonyl (C=O) groups excluding carboxylic acids is 3. The van der Waals surface area contributed by atoms with E-state index in [9.17, 15) is 36.0 Å². The van der Waals surface area contributed by atoms with Gasteiger partial charge in [-0.1, -0.05) is 0 Å². The maximum Gasteiger partial charge on any atom is 0.416 e. The highest BCUT2D eigenvalue weighted by Crippen LogP contribution is 2.34. The van der Waals surface area contributed by atoms with Crippen LogP contribution in [0.25, 0.3) is 0 Å². The third-order valence-corrected chi connectivity index (χ3v) is 7.39. The zero-order valence-electron chi connectivity index (χ0n) is 19.5. The average Bonchev–Trinajstić information content (AvgIpc) is 3.08. The van der Waals surface area contributed by atoms with Crippen LogP contribution in [0.15, 0.2) is 66.7 Å². The van der Waals surface area contributed by atoms with Crippen molar-refractivity contribution in [3.8, 4) is 0 Å². The Labute approximate surface area is 210 Å². The van der Waals surface area contributed by atoms with Gasteiger partial charge in [0.05, 0.1) is 27.6 Å². The Kier molecular flexibility index (Phi) is 6.55. The predicted molar refractivity (Wildman–Crippen MR) is 131 cm³/mol. The summed E-state index contributed by atoms with van der Waals surface area (Å²) in [4.78, 5) is 39.1. The number of hydrogen-bond donors (Lipinski definition) is 2. The van der Waals surface area contributed by atoms with E-state index in [1.165, 1.54) is 56.3 Å². The molecule has 37 heavy (non-hydrogen) atoms. The number of sulfonamides is 1. The van der Waals surface area contributed by atoms with Crippen molar-refractivity contribution in [3.63, 3.8) is 0 Å². The molecule has 0 saturated heterocycles. The predicted octanol–water partition coefficient (Wildman–Crippen LogP) is 4.91. The number of fused-ring (bicyclic) bond motifs is 1. The molecule has 3 aromatic carbocycles. The molecule has 3 aromatic rings. The van der Waals surface area contributed by atoms with Crippen LogP contribution in [-0.2, 0) is 16.2 Å². The molecule has 0 fully saturated rings. The lowest BCUT2D eigenvalue weighted by molar-refractivity contribution is -0.137. The first-order valence-electron chi connectivity index (χ1n) is 10.9. The molecular weight excluding hydrogens is 511 g/mol. The van der Waals surface area contributed by atoms with Crippen molar-refractivity contribution in [2.24, 2.45) is 0 Å². The molecule has 3 amide bonds. The number of alkyl halides is 3. The minimum atomic E-state index is -4.56. The van der Waals surface area contributed by atoms with Crippen LogP contribution in [0.1, 0.15) is 50.5 Å². The first-order chi connectivity index (χ1) is 17.3. The highest BCUT2D eigenvalue weighted by molar-refractivity contribution is 7.93. The van der Waals surface area contributed by atoms with Gasteiger partial charge in [0.15, 0.2) is 0 Å². The summed E-state index contributed by atoms with van der Waals surface area (Å²) in [7, 11) is -3.55. The van der Waals surface area contributed by atoms with Crippen molar-refractivity contribution in [2.45, 2.75) is 25.3 Å². The molecule has 0 spiro atoms. The van der Waals surface area contributed by atoms with Crippen LogP contribution >= 0.6 is 0 Å². The van der Waals surface area contributed by atoms with Gasteiger partial charge in [0, 0.05) is 16.9 Å². The van der Waals surface area contributed by atoms with Crippen molar-refractivity contribution in [3.05, 3.63) is 89.0 Å². The maximum atomic E-state index is 12.9. The number of anilines is 3. The van der Waals surface area contributed by atoms with Gasteiger partial charge in [-0.05, 0) is 80.6 Å². The highest BCUT2D eigenvalue weighted by Gasteiger charge is 2.37. The smallest absolute Gasteiger partial charge is 0.322 e. The second-order valence-electron chi connectivity index (χ2n) is 8.48. The van der Waals surface area contributed by atoms with Crippen LogP contribution in [0, 0.1) is 0 Å². The molecule has 192 valence electrons. The summed E-state index contributed by atoms with van der Waals surface area (Å²) in [5, 5.41) is 1.96. The zero-order valence-corrected chi connectivity index (χ0v) is 20.3. The van der Waals surface area contributed by atoms with Crippen molar-refractivity contribution in [1.82, 2.24) is 0 Å². The monoisotopic (exact) mass is 531 g/mol. The molecule has 0 saturated carbocycles. The fraction of sp³-hybridized carbons (Fsp3) is 0.160. The zero-order chi connectivity index (χ0) is 27.1. The summed E-state index contributed by atoms with van der Waals surface area (Å²) in [6, 6.07) is 13.4. The molecule has 4 rings (SSSR count). The molecule has 1 aliphatic rings. The fourth-order valence-corrected chi connectivity index (χ4v) is 4.23. The quantitative estimate of drug-likeness (QED) is 0.439. The Morgan fingerprint density at radius 2 is 1.41 bits per heavy atom. The molecule has 0 aliphatic carbocycles. The molecule has 0 radical (unpaired) electrons. The summed E-state index contributed by atoms with van der Waals surface area (Å²) < 4.78 is 64.9. The highest BCUT2D eigenvalue weighted by atomic mass is 32.2. The van der Waals surface area contributed by atoms with Crippen LogP contribution in [0.4, 0.5) is 30.2 Å². The third-order valence-electron chi connectivity index (χ3n) is 5.63. The maximum absolute atomic E-state index is 12.9. The fourth-order valence-electron chi connectivity index (χ4n) is 3.53. The molecule has 2 N–H and O–H groups in total. The lowest BCUT2D eigenvalue weighted by atomic mass is 10.1. The minimum absolute atomic E-state index is 0.0128. The minimum Gasteiger partial charge on any atom is -0.322 e. The number of halogens is 3. The number of nitrogens with zero attached hydrogens (tertiary/aromatic N) is 1. The lowest BCUT2D eigenvalue weighted by Crippen LogP contribution is -2.29. The van der Waals surface area contributed by atoms with E-state index in [-0.39, 0.29) is 33.8 Å². The van der Waals surface area contributed by atoms with E-state index in [4.69, 9.17) is 0 Å². The second kappa shape index (κ2) is 9.36. The van der Waals surface area contributed by atoms with Crippen LogP contribution in [0.3, 0.4) is 0 Å². The van der Waals surface area contributed by atoms with Gasteiger partial charge in [-0.2, -0.15) is 13.2 Å². The van der Waals surface area contributed by atoms with Crippen LogP contribution in [0.5, 0.6) is 0 Å². The molecule has 8 nitrogen and oxygen atoms in total. The first kappa shape index (κ1) is 25.9. The van der Waals surface area contributed by atoms with Crippen molar-refractivity contribution < 1.29 is 36.0 Å². The number of hydrogen-bond acceptors (Lipinski definition) is 5. The Morgan fingerprint density at radius 1 is 0.838 bits per heavy atom. The molecule has 1 aliphatic heterocycles. The SMILES string of the molecule is CC(C)S(=O)(=O)Nc1ccc(C(=O)Nc2ccc3c(c2)C(=O)N(c2ccc(C(F)(F)F)cc2)C3=O)cc1. The Morgan fingerprint density at radius 3 is 1.97 bits per heavy atom. The van der Waals surface area contributed by atoms with E-state index < -0.39 is 44.7 Å². The van der Waals surface area contributed by atoms with E-state index in [1.807, 2.05) is 0 Å². The average molecular weight is 532 g/mol. The molecule has 1 heterocycles. The van der Waals surface area contributed by atoms with Gasteiger partial charge < -0.3 is 5.32 Å². The molecule has 0 bridgehead atoms. The first-order valence-corrected chi connectivity index (χ1v) is 12.5. The summed E-state index contributed by atoms with van der Waals surface area (Å²) >= 11 is 0. The van der Waals surface area contributed by atoms with Crippen molar-refractivity contribution >= 4 is 44.8 Å². The summed E-state index contributed by atoms with van der Waals surface area (Å²) in [6.07, 6.45) is -4.56. The Balaban J connectivity index is 1.50. The number of carbonyl (C=O) groups is 3. The largest absolute Gasteiger partial charge is 0.416 e. The van der Waals surface area contributed by atoms with E-state index >= 15 is 0 Å². The van der Waals surface area contributed by atoms with E-state index in [1.54, 1.807) is 0 Å². The number of imide groups is 1. The molecular formula is C25H20F3N3O5S. The number of benzene rings is 3. The van der Waals surface area contributed by atoms with Gasteiger partial charge in [-0.15, -0.1) is 0 Å². The normalized spacial score (nSPS) is 13.6. The van der Waals surface area contributed by atoms with E-state index in [0.717, 1.165) is 29.2 Å². The van der Waals surface area contributed by atoms with Crippen LogP contribution in [-0.4, -0.2) is 31.4 Å². The molecule has 0 atom stereocenters. The van der Waals surface area contributed by atoms with Crippen LogP contribution in [0.2, 0.25) is 0 Å². The number of amides is 3. The van der Waals surface area contributed by atoms with Crippen molar-refractivity contribution in [1.29, 1.82) is 0 Å². The summed E-state index contributed by atoms with van der Waals surface area (Å²) in [5.74, 6) is -1.98. The van der Waals surface area contributed by atoms with Gasteiger partial charge in [0.2, 0.25) is 10.0 Å². The topological polar surface area (TPSA) is 113 Å². The van der Waals surface area contributed by atoms with Crippen molar-refractivity contribution in [2.75, 3.05) is 14.9 Å². The summed E-state index contributed by atoms with van der Waals surface area (Å²) in [5.41, 5.74) is -0.187. The van der Waals surface area contributed by atoms with Gasteiger partial charge in [-0.25, -0.2) is 13.3 Å². The summed E-state index contributed by atoms with van der Waals surface area (Å²) in [6.45, 7) is 3.06.